The molecule has 4 nitrogen and oxygen atoms in total. The lowest BCUT2D eigenvalue weighted by molar-refractivity contribution is -0.152. The molecule has 1 heterocycles. The summed E-state index contributed by atoms with van der Waals surface area (Å²) in [6.45, 7) is 9.33. The molecule has 3 atom stereocenters. The lowest BCUT2D eigenvalue weighted by Gasteiger charge is -2.36. The summed E-state index contributed by atoms with van der Waals surface area (Å²) in [5.74, 6) is 2.71. The topological polar surface area (TPSA) is 48.4 Å². The lowest BCUT2D eigenvalue weighted by Crippen LogP contribution is -2.36. The quantitative estimate of drug-likeness (QED) is 0.429. The number of aromatic nitrogens is 1. The summed E-state index contributed by atoms with van der Waals surface area (Å²) in [5, 5.41) is 0. The molecule has 2 aromatic rings. The zero-order valence-corrected chi connectivity index (χ0v) is 18.2. The van der Waals surface area contributed by atoms with E-state index in [1.165, 1.54) is 18.2 Å². The van der Waals surface area contributed by atoms with Crippen LogP contribution in [0.15, 0.2) is 22.5 Å². The van der Waals surface area contributed by atoms with Gasteiger partial charge < -0.3 is 9.47 Å². The Balaban J connectivity index is 1.57. The monoisotopic (exact) mass is 407 g/mol. The molecule has 27 heavy (non-hydrogen) atoms. The molecule has 148 valence electrons. The Morgan fingerprint density at radius 1 is 1.37 bits per heavy atom. The average molecular weight is 408 g/mol. The summed E-state index contributed by atoms with van der Waals surface area (Å²) in [7, 11) is 0. The second-order valence-electron chi connectivity index (χ2n) is 7.69. The first-order valence-electron chi connectivity index (χ1n) is 9.82. The molecule has 3 rings (SSSR count). The number of nitrogens with zero attached hydrogens (tertiary/aromatic N) is 1. The van der Waals surface area contributed by atoms with Crippen LogP contribution in [0.5, 0.6) is 5.75 Å². The van der Waals surface area contributed by atoms with Crippen LogP contribution in [0.4, 0.5) is 0 Å². The fourth-order valence-electron chi connectivity index (χ4n) is 3.78. The van der Waals surface area contributed by atoms with Crippen LogP contribution in [-0.4, -0.2) is 29.4 Å². The molecule has 1 fully saturated rings. The predicted molar refractivity (Wildman–Crippen MR) is 113 cm³/mol. The zero-order valence-electron chi connectivity index (χ0n) is 16.6. The van der Waals surface area contributed by atoms with E-state index >= 15 is 0 Å². The molecular weight excluding hydrogens is 378 g/mol. The molecule has 0 saturated heterocycles. The van der Waals surface area contributed by atoms with Gasteiger partial charge in [-0.15, -0.1) is 11.3 Å². The SMILES string of the molecule is CCOc1ccc2nc(SCC(=O)OC3CC(C)CCC3C(C)C)sc2c1. The van der Waals surface area contributed by atoms with E-state index in [2.05, 4.69) is 25.8 Å². The minimum Gasteiger partial charge on any atom is -0.494 e. The third-order valence-electron chi connectivity index (χ3n) is 5.21. The maximum absolute atomic E-state index is 12.4. The lowest BCUT2D eigenvalue weighted by atomic mass is 9.75. The molecule has 1 aliphatic carbocycles. The highest BCUT2D eigenvalue weighted by atomic mass is 32.2. The number of hydrogen-bond acceptors (Lipinski definition) is 6. The second kappa shape index (κ2) is 9.28. The first-order valence-corrected chi connectivity index (χ1v) is 11.6. The van der Waals surface area contributed by atoms with E-state index in [-0.39, 0.29) is 12.1 Å². The van der Waals surface area contributed by atoms with E-state index in [0.717, 1.165) is 33.1 Å². The first-order chi connectivity index (χ1) is 13.0. The predicted octanol–water partition coefficient (Wildman–Crippen LogP) is 5.79. The van der Waals surface area contributed by atoms with Crippen LogP contribution in [0.3, 0.4) is 0 Å². The van der Waals surface area contributed by atoms with Gasteiger partial charge in [-0.1, -0.05) is 39.0 Å². The van der Waals surface area contributed by atoms with Crippen LogP contribution >= 0.6 is 23.1 Å². The fourth-order valence-corrected chi connectivity index (χ4v) is 5.66. The number of benzene rings is 1. The molecule has 0 amide bonds. The van der Waals surface area contributed by atoms with Crippen molar-refractivity contribution in [1.82, 2.24) is 4.98 Å². The molecule has 0 spiro atoms. The Morgan fingerprint density at radius 3 is 2.93 bits per heavy atom. The molecule has 1 aliphatic rings. The molecule has 3 unspecified atom stereocenters. The normalized spacial score (nSPS) is 22.9. The Labute approximate surface area is 170 Å². The number of fused-ring (bicyclic) bond motifs is 1. The maximum Gasteiger partial charge on any atom is 0.316 e. The number of esters is 1. The number of thioether (sulfide) groups is 1. The van der Waals surface area contributed by atoms with Crippen molar-refractivity contribution in [3.8, 4) is 5.75 Å². The standard InChI is InChI=1S/C21H29NO3S2/c1-5-24-15-7-9-17-19(11-15)27-21(22-17)26-12-20(23)25-18-10-14(4)6-8-16(18)13(2)3/h7,9,11,13-14,16,18H,5-6,8,10,12H2,1-4H3. The fraction of sp³-hybridized carbons (Fsp3) is 0.619. The van der Waals surface area contributed by atoms with Gasteiger partial charge in [0.05, 0.1) is 22.6 Å². The van der Waals surface area contributed by atoms with E-state index in [0.29, 0.717) is 30.1 Å². The van der Waals surface area contributed by atoms with Crippen molar-refractivity contribution in [3.05, 3.63) is 18.2 Å². The van der Waals surface area contributed by atoms with Crippen LogP contribution < -0.4 is 4.74 Å². The van der Waals surface area contributed by atoms with Gasteiger partial charge in [0, 0.05) is 0 Å². The van der Waals surface area contributed by atoms with Crippen molar-refractivity contribution >= 4 is 39.3 Å². The average Bonchev–Trinajstić information content (AvgIpc) is 3.02. The van der Waals surface area contributed by atoms with Crippen molar-refractivity contribution in [1.29, 1.82) is 0 Å². The maximum atomic E-state index is 12.4. The molecular formula is C21H29NO3S2. The van der Waals surface area contributed by atoms with Gasteiger partial charge in [0.15, 0.2) is 4.34 Å². The van der Waals surface area contributed by atoms with Crippen molar-refractivity contribution in [2.45, 2.75) is 57.4 Å². The molecule has 0 radical (unpaired) electrons. The zero-order chi connectivity index (χ0) is 19.4. The van der Waals surface area contributed by atoms with Gasteiger partial charge in [-0.3, -0.25) is 4.79 Å². The van der Waals surface area contributed by atoms with Gasteiger partial charge in [0.2, 0.25) is 0 Å². The number of thiazole rings is 1. The van der Waals surface area contributed by atoms with Crippen LogP contribution in [0.2, 0.25) is 0 Å². The van der Waals surface area contributed by atoms with E-state index in [9.17, 15) is 4.79 Å². The number of carbonyl (C=O) groups excluding carboxylic acids is 1. The third-order valence-corrected chi connectivity index (χ3v) is 7.34. The molecule has 0 bridgehead atoms. The number of hydrogen-bond donors (Lipinski definition) is 0. The Morgan fingerprint density at radius 2 is 2.19 bits per heavy atom. The van der Waals surface area contributed by atoms with Gasteiger partial charge >= 0.3 is 5.97 Å². The molecule has 0 N–H and O–H groups in total. The van der Waals surface area contributed by atoms with E-state index in [1.807, 2.05) is 25.1 Å². The van der Waals surface area contributed by atoms with Crippen molar-refractivity contribution in [3.63, 3.8) is 0 Å². The van der Waals surface area contributed by atoms with Crippen LogP contribution in [-0.2, 0) is 9.53 Å². The van der Waals surface area contributed by atoms with Crippen LogP contribution in [0.1, 0.15) is 47.0 Å². The minimum atomic E-state index is -0.126. The summed E-state index contributed by atoms with van der Waals surface area (Å²) in [6, 6.07) is 5.91. The van der Waals surface area contributed by atoms with E-state index in [1.54, 1.807) is 11.3 Å². The van der Waals surface area contributed by atoms with Gasteiger partial charge in [0.25, 0.3) is 0 Å². The molecule has 1 aromatic carbocycles. The van der Waals surface area contributed by atoms with E-state index in [4.69, 9.17) is 9.47 Å². The molecule has 0 aliphatic heterocycles. The van der Waals surface area contributed by atoms with Crippen molar-refractivity contribution in [2.75, 3.05) is 12.4 Å². The highest BCUT2D eigenvalue weighted by molar-refractivity contribution is 8.01. The van der Waals surface area contributed by atoms with Crippen LogP contribution in [0, 0.1) is 17.8 Å². The first kappa shape index (κ1) is 20.5. The van der Waals surface area contributed by atoms with Gasteiger partial charge in [-0.2, -0.15) is 0 Å². The molecule has 1 aromatic heterocycles. The van der Waals surface area contributed by atoms with Crippen LogP contribution in [0.25, 0.3) is 10.2 Å². The largest absolute Gasteiger partial charge is 0.494 e. The van der Waals surface area contributed by atoms with Crippen molar-refractivity contribution < 1.29 is 14.3 Å². The van der Waals surface area contributed by atoms with Crippen molar-refractivity contribution in [2.24, 2.45) is 17.8 Å². The number of ether oxygens (including phenoxy) is 2. The summed E-state index contributed by atoms with van der Waals surface area (Å²) in [5.41, 5.74) is 0.945. The number of carbonyl (C=O) groups is 1. The second-order valence-corrected chi connectivity index (χ2v) is 9.94. The smallest absolute Gasteiger partial charge is 0.316 e. The third kappa shape index (κ3) is 5.38. The minimum absolute atomic E-state index is 0.0611. The Bertz CT molecular complexity index is 774. The molecule has 6 heteroatoms. The Kier molecular flexibility index (Phi) is 7.04. The summed E-state index contributed by atoms with van der Waals surface area (Å²) < 4.78 is 13.4. The Hall–Kier alpha value is -1.27. The van der Waals surface area contributed by atoms with Gasteiger partial charge in [-0.05, 0) is 55.7 Å². The highest BCUT2D eigenvalue weighted by Crippen LogP contribution is 2.36. The van der Waals surface area contributed by atoms with Gasteiger partial charge in [-0.25, -0.2) is 4.98 Å². The van der Waals surface area contributed by atoms with E-state index < -0.39 is 0 Å². The summed E-state index contributed by atoms with van der Waals surface area (Å²) in [6.07, 6.45) is 3.44. The highest BCUT2D eigenvalue weighted by Gasteiger charge is 2.33. The molecule has 1 saturated carbocycles. The summed E-state index contributed by atoms with van der Waals surface area (Å²) in [4.78, 5) is 17.0. The summed E-state index contributed by atoms with van der Waals surface area (Å²) >= 11 is 3.06. The number of rotatable bonds is 7. The van der Waals surface area contributed by atoms with Gasteiger partial charge in [0.1, 0.15) is 11.9 Å².